The standard InChI is InChI=1S/C13H22N4OS/c1-8-5-9(6-14)7-17(8)12(18)10-11(13(2,3)4)15-16-19-10/h8-9H,5-7,14H2,1-4H3. The zero-order chi connectivity index (χ0) is 14.2. The van der Waals surface area contributed by atoms with Crippen LogP contribution >= 0.6 is 11.5 Å². The highest BCUT2D eigenvalue weighted by molar-refractivity contribution is 7.08. The van der Waals surface area contributed by atoms with Crippen molar-refractivity contribution in [1.82, 2.24) is 14.5 Å². The van der Waals surface area contributed by atoms with E-state index in [0.717, 1.165) is 18.7 Å². The van der Waals surface area contributed by atoms with Gasteiger partial charge in [-0.15, -0.1) is 5.10 Å². The molecule has 1 saturated heterocycles. The maximum Gasteiger partial charge on any atom is 0.267 e. The Hall–Kier alpha value is -1.01. The van der Waals surface area contributed by atoms with Crippen LogP contribution in [0, 0.1) is 5.92 Å². The second kappa shape index (κ2) is 5.17. The van der Waals surface area contributed by atoms with Gasteiger partial charge < -0.3 is 10.6 Å². The monoisotopic (exact) mass is 282 g/mol. The number of nitrogens with two attached hydrogens (primary N) is 1. The second-order valence-electron chi connectivity index (χ2n) is 6.34. The van der Waals surface area contributed by atoms with Gasteiger partial charge in [0.25, 0.3) is 5.91 Å². The predicted octanol–water partition coefficient (Wildman–Crippen LogP) is 1.64. The van der Waals surface area contributed by atoms with E-state index in [9.17, 15) is 4.79 Å². The Morgan fingerprint density at radius 2 is 2.21 bits per heavy atom. The van der Waals surface area contributed by atoms with E-state index < -0.39 is 0 Å². The van der Waals surface area contributed by atoms with E-state index in [4.69, 9.17) is 5.73 Å². The zero-order valence-corrected chi connectivity index (χ0v) is 12.8. The number of carbonyl (C=O) groups excluding carboxylic acids is 1. The number of hydrogen-bond donors (Lipinski definition) is 1. The van der Waals surface area contributed by atoms with Crippen molar-refractivity contribution in [3.05, 3.63) is 10.6 Å². The van der Waals surface area contributed by atoms with Crippen molar-refractivity contribution in [2.24, 2.45) is 11.7 Å². The van der Waals surface area contributed by atoms with E-state index in [2.05, 4.69) is 37.3 Å². The molecule has 1 aliphatic rings. The average Bonchev–Trinajstić information content (AvgIpc) is 2.93. The molecular formula is C13H22N4OS. The Morgan fingerprint density at radius 1 is 1.53 bits per heavy atom. The molecule has 2 atom stereocenters. The first-order valence-electron chi connectivity index (χ1n) is 6.68. The van der Waals surface area contributed by atoms with Gasteiger partial charge >= 0.3 is 0 Å². The predicted molar refractivity (Wildman–Crippen MR) is 76.3 cm³/mol. The molecule has 0 aromatic carbocycles. The van der Waals surface area contributed by atoms with Gasteiger partial charge in [-0.2, -0.15) is 0 Å². The number of hydrogen-bond acceptors (Lipinski definition) is 5. The quantitative estimate of drug-likeness (QED) is 0.895. The molecule has 6 heteroatoms. The normalized spacial score (nSPS) is 23.9. The Bertz CT molecular complexity index is 465. The molecule has 0 spiro atoms. The summed E-state index contributed by atoms with van der Waals surface area (Å²) in [5, 5.41) is 4.14. The van der Waals surface area contributed by atoms with Crippen LogP contribution in [0.1, 0.15) is 49.5 Å². The number of carbonyl (C=O) groups is 1. The SMILES string of the molecule is CC1CC(CN)CN1C(=O)c1snnc1C(C)(C)C. The first-order valence-corrected chi connectivity index (χ1v) is 7.45. The van der Waals surface area contributed by atoms with E-state index >= 15 is 0 Å². The fourth-order valence-electron chi connectivity index (χ4n) is 2.55. The number of likely N-dealkylation sites (tertiary alicyclic amines) is 1. The molecule has 2 unspecified atom stereocenters. The topological polar surface area (TPSA) is 72.1 Å². The van der Waals surface area contributed by atoms with Crippen molar-refractivity contribution in [3.63, 3.8) is 0 Å². The largest absolute Gasteiger partial charge is 0.335 e. The molecule has 0 aliphatic carbocycles. The van der Waals surface area contributed by atoms with Gasteiger partial charge in [0.2, 0.25) is 0 Å². The number of nitrogens with zero attached hydrogens (tertiary/aromatic N) is 3. The molecule has 19 heavy (non-hydrogen) atoms. The van der Waals surface area contributed by atoms with E-state index in [1.807, 2.05) is 4.90 Å². The van der Waals surface area contributed by atoms with E-state index in [1.54, 1.807) is 0 Å². The van der Waals surface area contributed by atoms with Gasteiger partial charge in [-0.1, -0.05) is 25.3 Å². The minimum absolute atomic E-state index is 0.0587. The van der Waals surface area contributed by atoms with Crippen LogP contribution in [-0.4, -0.2) is 39.5 Å². The highest BCUT2D eigenvalue weighted by Gasteiger charge is 2.36. The molecule has 1 aromatic heterocycles. The second-order valence-corrected chi connectivity index (χ2v) is 7.10. The first-order chi connectivity index (χ1) is 8.84. The third-order valence-electron chi connectivity index (χ3n) is 3.65. The molecule has 2 N–H and O–H groups in total. The van der Waals surface area contributed by atoms with Gasteiger partial charge in [0, 0.05) is 18.0 Å². The summed E-state index contributed by atoms with van der Waals surface area (Å²) in [7, 11) is 0. The average molecular weight is 282 g/mol. The molecular weight excluding hydrogens is 260 g/mol. The van der Waals surface area contributed by atoms with E-state index in [1.165, 1.54) is 11.5 Å². The van der Waals surface area contributed by atoms with Crippen LogP contribution in [0.3, 0.4) is 0 Å². The van der Waals surface area contributed by atoms with Crippen molar-refractivity contribution in [2.75, 3.05) is 13.1 Å². The summed E-state index contributed by atoms with van der Waals surface area (Å²) in [6, 6.07) is 0.246. The van der Waals surface area contributed by atoms with Crippen LogP contribution in [-0.2, 0) is 5.41 Å². The third kappa shape index (κ3) is 2.79. The maximum atomic E-state index is 12.7. The van der Waals surface area contributed by atoms with Crippen LogP contribution < -0.4 is 5.73 Å². The van der Waals surface area contributed by atoms with E-state index in [-0.39, 0.29) is 17.4 Å². The molecule has 5 nitrogen and oxygen atoms in total. The fraction of sp³-hybridized carbons (Fsp3) is 0.769. The fourth-order valence-corrected chi connectivity index (χ4v) is 3.38. The Morgan fingerprint density at radius 3 is 2.74 bits per heavy atom. The number of aromatic nitrogens is 2. The molecule has 106 valence electrons. The minimum Gasteiger partial charge on any atom is -0.335 e. The van der Waals surface area contributed by atoms with Crippen LogP contribution in [0.5, 0.6) is 0 Å². The van der Waals surface area contributed by atoms with Crippen molar-refractivity contribution < 1.29 is 4.79 Å². The number of amides is 1. The molecule has 2 rings (SSSR count). The summed E-state index contributed by atoms with van der Waals surface area (Å²) in [4.78, 5) is 15.3. The molecule has 1 amide bonds. The zero-order valence-electron chi connectivity index (χ0n) is 12.0. The summed E-state index contributed by atoms with van der Waals surface area (Å²) < 4.78 is 3.96. The van der Waals surface area contributed by atoms with Crippen LogP contribution in [0.15, 0.2) is 0 Å². The summed E-state index contributed by atoms with van der Waals surface area (Å²) in [5.41, 5.74) is 6.35. The lowest BCUT2D eigenvalue weighted by Gasteiger charge is -2.23. The smallest absolute Gasteiger partial charge is 0.267 e. The van der Waals surface area contributed by atoms with Crippen LogP contribution in [0.2, 0.25) is 0 Å². The highest BCUT2D eigenvalue weighted by atomic mass is 32.1. The Balaban J connectivity index is 2.24. The Kier molecular flexibility index (Phi) is 3.92. The summed E-state index contributed by atoms with van der Waals surface area (Å²) in [6.07, 6.45) is 0.985. The molecule has 0 bridgehead atoms. The summed E-state index contributed by atoms with van der Waals surface area (Å²) in [6.45, 7) is 9.63. The molecule has 0 saturated carbocycles. The van der Waals surface area contributed by atoms with Gasteiger partial charge in [-0.3, -0.25) is 4.79 Å². The lowest BCUT2D eigenvalue weighted by Crippen LogP contribution is -2.35. The van der Waals surface area contributed by atoms with E-state index in [0.29, 0.717) is 17.3 Å². The minimum atomic E-state index is -0.159. The maximum absolute atomic E-state index is 12.7. The molecule has 2 heterocycles. The molecule has 1 aromatic rings. The van der Waals surface area contributed by atoms with Gasteiger partial charge in [-0.05, 0) is 37.3 Å². The van der Waals surface area contributed by atoms with Crippen LogP contribution in [0.4, 0.5) is 0 Å². The van der Waals surface area contributed by atoms with Crippen LogP contribution in [0.25, 0.3) is 0 Å². The van der Waals surface area contributed by atoms with Crippen molar-refractivity contribution in [2.45, 2.75) is 45.6 Å². The molecule has 0 radical (unpaired) electrons. The lowest BCUT2D eigenvalue weighted by molar-refractivity contribution is 0.0745. The molecule has 1 fully saturated rings. The third-order valence-corrected chi connectivity index (χ3v) is 4.36. The van der Waals surface area contributed by atoms with Gasteiger partial charge in [0.15, 0.2) is 0 Å². The first kappa shape index (κ1) is 14.4. The molecule has 1 aliphatic heterocycles. The van der Waals surface area contributed by atoms with Gasteiger partial charge in [0.05, 0.1) is 5.69 Å². The highest BCUT2D eigenvalue weighted by Crippen LogP contribution is 2.30. The van der Waals surface area contributed by atoms with Crippen molar-refractivity contribution >= 4 is 17.4 Å². The van der Waals surface area contributed by atoms with Gasteiger partial charge in [-0.25, -0.2) is 0 Å². The summed E-state index contributed by atoms with van der Waals surface area (Å²) >= 11 is 1.20. The lowest BCUT2D eigenvalue weighted by atomic mass is 9.91. The van der Waals surface area contributed by atoms with Crippen molar-refractivity contribution in [1.29, 1.82) is 0 Å². The van der Waals surface area contributed by atoms with Crippen molar-refractivity contribution in [3.8, 4) is 0 Å². The summed E-state index contributed by atoms with van der Waals surface area (Å²) in [5.74, 6) is 0.473. The van der Waals surface area contributed by atoms with Gasteiger partial charge in [0.1, 0.15) is 4.88 Å². The Labute approximate surface area is 118 Å². The number of rotatable bonds is 2.